The molecule has 0 bridgehead atoms. The third-order valence-electron chi connectivity index (χ3n) is 1.25. The molecule has 1 rings (SSSR count). The summed E-state index contributed by atoms with van der Waals surface area (Å²) in [6.07, 6.45) is 3.40. The van der Waals surface area contributed by atoms with E-state index in [1.807, 2.05) is 0 Å². The molecule has 0 unspecified atom stereocenters. The maximum Gasteiger partial charge on any atom is 0.0627 e. The van der Waals surface area contributed by atoms with Gasteiger partial charge in [0.05, 0.1) is 1.37 Å². The summed E-state index contributed by atoms with van der Waals surface area (Å²) in [6, 6.07) is 2.31. The van der Waals surface area contributed by atoms with Gasteiger partial charge in [0.2, 0.25) is 0 Å². The molecule has 1 aromatic heterocycles. The fraction of sp³-hybridized carbons (Fsp3) is 0.375. The van der Waals surface area contributed by atoms with E-state index in [0.717, 1.165) is 5.56 Å². The Balaban J connectivity index is 3.03. The quantitative estimate of drug-likeness (QED) is 0.558. The van der Waals surface area contributed by atoms with Gasteiger partial charge in [-0.05, 0) is 17.5 Å². The zero-order valence-corrected chi connectivity index (χ0v) is 5.76. The van der Waals surface area contributed by atoms with Crippen LogP contribution in [0.2, 0.25) is 0 Å². The molecule has 1 nitrogen and oxygen atoms in total. The summed E-state index contributed by atoms with van der Waals surface area (Å²) in [6.45, 7) is 4.13. The van der Waals surface area contributed by atoms with Gasteiger partial charge >= 0.3 is 0 Å². The molecule has 0 aliphatic heterocycles. The van der Waals surface area contributed by atoms with Gasteiger partial charge in [-0.15, -0.1) is 0 Å². The minimum absolute atomic E-state index is 0.404. The van der Waals surface area contributed by atoms with Gasteiger partial charge in [0, 0.05) is 12.4 Å². The molecule has 0 atom stereocenters. The number of hydrogen-bond acceptors (Lipinski definition) is 1. The van der Waals surface area contributed by atoms with Crippen molar-refractivity contribution in [2.75, 3.05) is 0 Å². The second-order valence-corrected chi connectivity index (χ2v) is 2.35. The van der Waals surface area contributed by atoms with Gasteiger partial charge in [0.15, 0.2) is 0 Å². The van der Waals surface area contributed by atoms with Crippen LogP contribution in [0.4, 0.5) is 0 Å². The van der Waals surface area contributed by atoms with Gasteiger partial charge in [-0.2, -0.15) is 0 Å². The van der Waals surface area contributed by atoms with Gasteiger partial charge in [0.25, 0.3) is 0 Å². The van der Waals surface area contributed by atoms with Crippen molar-refractivity contribution in [2.45, 2.75) is 19.8 Å². The summed E-state index contributed by atoms with van der Waals surface area (Å²) < 4.78 is 7.46. The molecule has 0 aliphatic carbocycles. The van der Waals surface area contributed by atoms with Crippen molar-refractivity contribution in [3.8, 4) is 0 Å². The Morgan fingerprint density at radius 3 is 2.89 bits per heavy atom. The van der Waals surface area contributed by atoms with Crippen LogP contribution in [0, 0.1) is 0 Å². The number of pyridine rings is 1. The highest BCUT2D eigenvalue weighted by Crippen LogP contribution is 2.10. The first-order valence-electron chi connectivity index (χ1n) is 3.62. The molecule has 0 saturated heterocycles. The van der Waals surface area contributed by atoms with Gasteiger partial charge < -0.3 is 0 Å². The number of aromatic nitrogens is 1. The summed E-state index contributed by atoms with van der Waals surface area (Å²) in [7, 11) is 0. The molecule has 0 fully saturated rings. The van der Waals surface area contributed by atoms with Crippen molar-refractivity contribution in [1.82, 2.24) is 4.98 Å². The van der Waals surface area contributed by atoms with Crippen molar-refractivity contribution < 1.29 is 1.37 Å². The van der Waals surface area contributed by atoms with Crippen LogP contribution in [0.25, 0.3) is 0 Å². The van der Waals surface area contributed by atoms with E-state index < -0.39 is 0 Å². The number of rotatable bonds is 1. The van der Waals surface area contributed by atoms with E-state index in [4.69, 9.17) is 1.37 Å². The van der Waals surface area contributed by atoms with E-state index in [9.17, 15) is 0 Å². The number of nitrogens with zero attached hydrogens (tertiary/aromatic N) is 1. The van der Waals surface area contributed by atoms with E-state index in [1.165, 1.54) is 0 Å². The average molecular weight is 123 g/mol. The first-order valence-corrected chi connectivity index (χ1v) is 3.12. The van der Waals surface area contributed by atoms with Crippen molar-refractivity contribution in [1.29, 1.82) is 0 Å². The summed E-state index contributed by atoms with van der Waals surface area (Å²) in [4.78, 5) is 3.95. The Morgan fingerprint density at radius 2 is 2.44 bits per heavy atom. The predicted octanol–water partition coefficient (Wildman–Crippen LogP) is 2.21. The van der Waals surface area contributed by atoms with Crippen molar-refractivity contribution in [2.24, 2.45) is 0 Å². The summed E-state index contributed by atoms with van der Waals surface area (Å²) in [5.74, 6) is 0.404. The smallest absolute Gasteiger partial charge is 0.0627 e. The summed E-state index contributed by atoms with van der Waals surface area (Å²) in [5, 5.41) is 0. The van der Waals surface area contributed by atoms with E-state index in [0.29, 0.717) is 12.0 Å². The lowest BCUT2D eigenvalue weighted by Gasteiger charge is -2.00. The first-order chi connectivity index (χ1) is 4.72. The van der Waals surface area contributed by atoms with Gasteiger partial charge in [-0.25, -0.2) is 0 Å². The molecule has 1 aromatic rings. The van der Waals surface area contributed by atoms with E-state index in [1.54, 1.807) is 18.5 Å². The van der Waals surface area contributed by atoms with Crippen LogP contribution in [-0.2, 0) is 0 Å². The second kappa shape index (κ2) is 2.62. The molecular formula is C8H11N. The standard InChI is InChI=1S/C8H11N/c1-7(2)8-4-3-5-9-6-8/h3-7H,1-2H3/i4T. The van der Waals surface area contributed by atoms with Gasteiger partial charge in [0.1, 0.15) is 0 Å². The second-order valence-electron chi connectivity index (χ2n) is 2.35. The highest BCUT2D eigenvalue weighted by Gasteiger charge is 1.94. The lowest BCUT2D eigenvalue weighted by Crippen LogP contribution is -1.85. The monoisotopic (exact) mass is 123 g/mol. The van der Waals surface area contributed by atoms with E-state index in [2.05, 4.69) is 18.8 Å². The fourth-order valence-corrected chi connectivity index (χ4v) is 0.653. The molecule has 0 saturated carbocycles. The Morgan fingerprint density at radius 1 is 1.67 bits per heavy atom. The Hall–Kier alpha value is -0.850. The Kier molecular flexibility index (Phi) is 1.45. The maximum absolute atomic E-state index is 7.46. The van der Waals surface area contributed by atoms with Crippen molar-refractivity contribution in [3.63, 3.8) is 0 Å². The molecule has 0 aromatic carbocycles. The SMILES string of the molecule is [3H]c1ccncc1C(C)C. The van der Waals surface area contributed by atoms with Crippen LogP contribution in [-0.4, -0.2) is 4.98 Å². The van der Waals surface area contributed by atoms with Crippen molar-refractivity contribution >= 4 is 0 Å². The highest BCUT2D eigenvalue weighted by molar-refractivity contribution is 5.12. The lowest BCUT2D eigenvalue weighted by molar-refractivity contribution is 0.858. The van der Waals surface area contributed by atoms with Crippen LogP contribution in [0.5, 0.6) is 0 Å². The molecule has 9 heavy (non-hydrogen) atoms. The summed E-state index contributed by atoms with van der Waals surface area (Å²) in [5.41, 5.74) is 1.02. The van der Waals surface area contributed by atoms with Gasteiger partial charge in [-0.3, -0.25) is 4.98 Å². The average Bonchev–Trinajstić information content (AvgIpc) is 1.88. The van der Waals surface area contributed by atoms with Crippen LogP contribution >= 0.6 is 0 Å². The minimum atomic E-state index is 0.404. The first kappa shape index (κ1) is 4.98. The molecule has 1 heterocycles. The third-order valence-corrected chi connectivity index (χ3v) is 1.25. The molecule has 0 N–H and O–H groups in total. The van der Waals surface area contributed by atoms with E-state index >= 15 is 0 Å². The normalized spacial score (nSPS) is 11.7. The Labute approximate surface area is 57.2 Å². The molecule has 1 heteroatoms. The summed E-state index contributed by atoms with van der Waals surface area (Å²) >= 11 is 0. The van der Waals surface area contributed by atoms with Crippen molar-refractivity contribution in [3.05, 3.63) is 30.1 Å². The molecule has 0 radical (unpaired) electrons. The fourth-order valence-electron chi connectivity index (χ4n) is 0.653. The van der Waals surface area contributed by atoms with Crippen LogP contribution in [0.3, 0.4) is 0 Å². The molecular weight excluding hydrogens is 110 g/mol. The third kappa shape index (κ3) is 1.53. The molecule has 0 amide bonds. The lowest BCUT2D eigenvalue weighted by atomic mass is 10.1. The molecule has 0 spiro atoms. The van der Waals surface area contributed by atoms with Crippen LogP contribution in [0.1, 0.15) is 26.7 Å². The predicted molar refractivity (Wildman–Crippen MR) is 38.3 cm³/mol. The zero-order chi connectivity index (χ0) is 7.56. The van der Waals surface area contributed by atoms with E-state index in [-0.39, 0.29) is 0 Å². The highest BCUT2D eigenvalue weighted by atomic mass is 14.6. The largest absolute Gasteiger partial charge is 0.264 e. The zero-order valence-electron chi connectivity index (χ0n) is 6.76. The topological polar surface area (TPSA) is 12.9 Å². The molecule has 48 valence electrons. The molecule has 0 aliphatic rings. The maximum atomic E-state index is 7.46. The van der Waals surface area contributed by atoms with Crippen LogP contribution in [0.15, 0.2) is 24.5 Å². The minimum Gasteiger partial charge on any atom is -0.264 e. The Bertz CT molecular complexity index is 220. The number of hydrogen-bond donors (Lipinski definition) is 0. The van der Waals surface area contributed by atoms with Gasteiger partial charge in [-0.1, -0.05) is 19.9 Å². The van der Waals surface area contributed by atoms with Crippen LogP contribution < -0.4 is 0 Å².